The number of hydrogen-bond acceptors (Lipinski definition) is 7. The number of carbonyl (C=O) groups is 1. The normalized spacial score (nSPS) is 11.5. The third-order valence-electron chi connectivity index (χ3n) is 5.16. The topological polar surface area (TPSA) is 68.2 Å². The first-order valence-electron chi connectivity index (χ1n) is 9.86. The van der Waals surface area contributed by atoms with Gasteiger partial charge in [0.2, 0.25) is 0 Å². The van der Waals surface area contributed by atoms with Crippen molar-refractivity contribution in [3.05, 3.63) is 58.3 Å². The number of para-hydroxylation sites is 1. The summed E-state index contributed by atoms with van der Waals surface area (Å²) in [7, 11) is 1.75. The highest BCUT2D eigenvalue weighted by Crippen LogP contribution is 2.38. The monoisotopic (exact) mass is 448 g/mol. The van der Waals surface area contributed by atoms with Crippen molar-refractivity contribution in [2.75, 3.05) is 13.7 Å². The smallest absolute Gasteiger partial charge is 0.260 e. The van der Waals surface area contributed by atoms with Gasteiger partial charge < -0.3 is 9.64 Å². The van der Waals surface area contributed by atoms with Crippen molar-refractivity contribution in [3.8, 4) is 5.75 Å². The van der Waals surface area contributed by atoms with Gasteiger partial charge in [-0.25, -0.2) is 15.0 Å². The molecule has 0 aliphatic rings. The maximum atomic E-state index is 12.7. The molecule has 31 heavy (non-hydrogen) atoms. The summed E-state index contributed by atoms with van der Waals surface area (Å²) in [5.41, 5.74) is 2.80. The average Bonchev–Trinajstić information content (AvgIpc) is 3.37. The zero-order valence-corrected chi connectivity index (χ0v) is 19.0. The Kier molecular flexibility index (Phi) is 5.03. The number of thiazole rings is 1. The largest absolute Gasteiger partial charge is 0.483 e. The lowest BCUT2D eigenvalue weighted by Gasteiger charge is -2.17. The van der Waals surface area contributed by atoms with Gasteiger partial charge in [-0.1, -0.05) is 18.2 Å². The lowest BCUT2D eigenvalue weighted by molar-refractivity contribution is -0.132. The van der Waals surface area contributed by atoms with E-state index in [1.54, 1.807) is 34.6 Å². The van der Waals surface area contributed by atoms with Crippen LogP contribution >= 0.6 is 22.7 Å². The molecule has 1 amide bonds. The number of amides is 1. The second-order valence-electron chi connectivity index (χ2n) is 7.40. The molecule has 0 saturated carbocycles. The molecule has 6 nitrogen and oxygen atoms in total. The Bertz CT molecular complexity index is 1440. The summed E-state index contributed by atoms with van der Waals surface area (Å²) in [6.45, 7) is 4.24. The van der Waals surface area contributed by atoms with E-state index in [1.807, 2.05) is 55.6 Å². The fourth-order valence-corrected chi connectivity index (χ4v) is 5.46. The number of fused-ring (bicyclic) bond motifs is 4. The maximum Gasteiger partial charge on any atom is 0.260 e. The lowest BCUT2D eigenvalue weighted by Crippen LogP contribution is -2.31. The van der Waals surface area contributed by atoms with Crippen molar-refractivity contribution < 1.29 is 9.53 Å². The van der Waals surface area contributed by atoms with Crippen LogP contribution in [0.25, 0.3) is 31.2 Å². The molecular weight excluding hydrogens is 428 g/mol. The second kappa shape index (κ2) is 7.86. The third kappa shape index (κ3) is 3.73. The molecule has 156 valence electrons. The van der Waals surface area contributed by atoms with Crippen molar-refractivity contribution in [1.82, 2.24) is 19.9 Å². The number of ether oxygens (including phenoxy) is 1. The number of thiophene rings is 1. The average molecular weight is 449 g/mol. The number of rotatable bonds is 5. The van der Waals surface area contributed by atoms with E-state index < -0.39 is 0 Å². The Labute approximate surface area is 187 Å². The van der Waals surface area contributed by atoms with Gasteiger partial charge in [0.1, 0.15) is 11.6 Å². The summed E-state index contributed by atoms with van der Waals surface area (Å²) in [5, 5.41) is 5.06. The van der Waals surface area contributed by atoms with Gasteiger partial charge in [0.25, 0.3) is 5.91 Å². The van der Waals surface area contributed by atoms with Crippen molar-refractivity contribution in [1.29, 1.82) is 0 Å². The Balaban J connectivity index is 1.33. The molecule has 0 atom stereocenters. The van der Waals surface area contributed by atoms with Crippen LogP contribution in [-0.2, 0) is 11.3 Å². The summed E-state index contributed by atoms with van der Waals surface area (Å²) in [6.07, 6.45) is 0. The van der Waals surface area contributed by atoms with Crippen LogP contribution in [0.3, 0.4) is 0 Å². The Hall–Kier alpha value is -3.10. The van der Waals surface area contributed by atoms with Gasteiger partial charge in [-0.3, -0.25) is 4.79 Å². The fraction of sp³-hybridized carbons (Fsp3) is 0.217. The van der Waals surface area contributed by atoms with Crippen LogP contribution in [0.15, 0.2) is 41.8 Å². The molecule has 8 heteroatoms. The minimum Gasteiger partial charge on any atom is -0.483 e. The van der Waals surface area contributed by atoms with E-state index in [-0.39, 0.29) is 12.5 Å². The number of aryl methyl sites for hydroxylation is 2. The van der Waals surface area contributed by atoms with Crippen molar-refractivity contribution >= 4 is 59.8 Å². The maximum absolute atomic E-state index is 12.7. The minimum atomic E-state index is -0.127. The van der Waals surface area contributed by atoms with Gasteiger partial charge in [-0.15, -0.1) is 22.7 Å². The molecule has 0 aliphatic carbocycles. The van der Waals surface area contributed by atoms with E-state index in [1.165, 1.54) is 0 Å². The number of aromatic nitrogens is 3. The van der Waals surface area contributed by atoms with Crippen LogP contribution in [0, 0.1) is 13.8 Å². The number of hydrogen-bond donors (Lipinski definition) is 0. The van der Waals surface area contributed by atoms with Gasteiger partial charge in [-0.05, 0) is 31.4 Å². The van der Waals surface area contributed by atoms with Gasteiger partial charge in [0.05, 0.1) is 32.0 Å². The number of likely N-dealkylation sites (N-methyl/N-ethyl adjacent to an activating group) is 1. The van der Waals surface area contributed by atoms with Crippen LogP contribution < -0.4 is 4.74 Å². The highest BCUT2D eigenvalue weighted by atomic mass is 32.1. The van der Waals surface area contributed by atoms with Crippen molar-refractivity contribution in [2.24, 2.45) is 0 Å². The zero-order valence-electron chi connectivity index (χ0n) is 17.4. The van der Waals surface area contributed by atoms with E-state index in [0.717, 1.165) is 41.9 Å². The van der Waals surface area contributed by atoms with E-state index >= 15 is 0 Å². The minimum absolute atomic E-state index is 0.0443. The Morgan fingerprint density at radius 3 is 2.81 bits per heavy atom. The molecule has 0 bridgehead atoms. The predicted octanol–water partition coefficient (Wildman–Crippen LogP) is 5.11. The van der Waals surface area contributed by atoms with Crippen LogP contribution in [0.5, 0.6) is 5.75 Å². The van der Waals surface area contributed by atoms with Gasteiger partial charge >= 0.3 is 0 Å². The van der Waals surface area contributed by atoms with Crippen molar-refractivity contribution in [2.45, 2.75) is 20.4 Å². The fourth-order valence-electron chi connectivity index (χ4n) is 3.62. The molecule has 3 aromatic heterocycles. The van der Waals surface area contributed by atoms with Crippen LogP contribution in [-0.4, -0.2) is 39.4 Å². The van der Waals surface area contributed by atoms with Crippen molar-refractivity contribution in [3.63, 3.8) is 0 Å². The van der Waals surface area contributed by atoms with Gasteiger partial charge in [0.15, 0.2) is 6.61 Å². The Morgan fingerprint density at radius 2 is 1.94 bits per heavy atom. The first-order chi connectivity index (χ1) is 15.0. The molecular formula is C23H20N4O2S2. The molecule has 2 aromatic carbocycles. The molecule has 0 fully saturated rings. The number of nitrogens with zero attached hydrogens (tertiary/aromatic N) is 4. The van der Waals surface area contributed by atoms with E-state index in [0.29, 0.717) is 18.1 Å². The second-order valence-corrected chi connectivity index (χ2v) is 9.55. The summed E-state index contributed by atoms with van der Waals surface area (Å²) >= 11 is 3.27. The molecule has 0 N–H and O–H groups in total. The first-order valence-corrected chi connectivity index (χ1v) is 11.6. The van der Waals surface area contributed by atoms with Crippen LogP contribution in [0.1, 0.15) is 16.5 Å². The number of carbonyl (C=O) groups excluding carboxylic acids is 1. The summed E-state index contributed by atoms with van der Waals surface area (Å²) in [6, 6.07) is 11.9. The molecule has 0 saturated heterocycles. The van der Waals surface area contributed by atoms with Gasteiger partial charge in [0, 0.05) is 29.6 Å². The standard InChI is InChI=1S/C23H20N4O2S2/c1-13-15-6-4-5-7-17(15)26-20(24-13)11-27(3)21(28)12-29-18-10-19-22(25-14(2)31-19)23-16(18)8-9-30-23/h4-10H,11-12H2,1-3H3. The number of benzene rings is 2. The predicted molar refractivity (Wildman–Crippen MR) is 126 cm³/mol. The quantitative estimate of drug-likeness (QED) is 0.374. The third-order valence-corrected chi connectivity index (χ3v) is 7.00. The SMILES string of the molecule is Cc1nc2c(cc(OCC(=O)N(C)Cc3nc(C)c4ccccc4n3)c3ccsc32)s1. The molecule has 0 unspecified atom stereocenters. The summed E-state index contributed by atoms with van der Waals surface area (Å²) in [4.78, 5) is 28.1. The van der Waals surface area contributed by atoms with E-state index in [9.17, 15) is 4.79 Å². The molecule has 0 aliphatic heterocycles. The highest BCUT2D eigenvalue weighted by molar-refractivity contribution is 7.21. The molecule has 3 heterocycles. The summed E-state index contributed by atoms with van der Waals surface area (Å²) < 4.78 is 8.13. The Morgan fingerprint density at radius 1 is 1.10 bits per heavy atom. The highest BCUT2D eigenvalue weighted by Gasteiger charge is 2.16. The van der Waals surface area contributed by atoms with E-state index in [4.69, 9.17) is 4.74 Å². The van der Waals surface area contributed by atoms with Crippen LogP contribution in [0.4, 0.5) is 0 Å². The zero-order chi connectivity index (χ0) is 21.5. The van der Waals surface area contributed by atoms with Crippen LogP contribution in [0.2, 0.25) is 0 Å². The van der Waals surface area contributed by atoms with E-state index in [2.05, 4.69) is 15.0 Å². The molecule has 5 aromatic rings. The molecule has 0 spiro atoms. The first kappa shape index (κ1) is 19.8. The summed E-state index contributed by atoms with van der Waals surface area (Å²) in [5.74, 6) is 1.21. The van der Waals surface area contributed by atoms with Gasteiger partial charge in [-0.2, -0.15) is 0 Å². The molecule has 5 rings (SSSR count). The molecule has 0 radical (unpaired) electrons. The lowest BCUT2D eigenvalue weighted by atomic mass is 10.2.